The van der Waals surface area contributed by atoms with Crippen LogP contribution >= 0.6 is 0 Å². The number of allylic oxidation sites excluding steroid dienone is 1. The molecule has 1 aliphatic heterocycles. The van der Waals surface area contributed by atoms with E-state index in [1.165, 1.54) is 13.0 Å². The van der Waals surface area contributed by atoms with Gasteiger partial charge in [0.2, 0.25) is 0 Å². The summed E-state index contributed by atoms with van der Waals surface area (Å²) in [5, 5.41) is 0. The SMILES string of the molecule is COc1ccc(N2C(=O)/C(=C/C(C)=O)C2C)cc1. The van der Waals surface area contributed by atoms with E-state index in [1.54, 1.807) is 12.0 Å². The van der Waals surface area contributed by atoms with Crippen LogP contribution < -0.4 is 9.64 Å². The lowest BCUT2D eigenvalue weighted by molar-refractivity contribution is -0.119. The van der Waals surface area contributed by atoms with E-state index in [0.717, 1.165) is 11.4 Å². The van der Waals surface area contributed by atoms with Crippen molar-refractivity contribution in [3.63, 3.8) is 0 Å². The van der Waals surface area contributed by atoms with E-state index in [1.807, 2.05) is 31.2 Å². The van der Waals surface area contributed by atoms with E-state index in [-0.39, 0.29) is 17.7 Å². The van der Waals surface area contributed by atoms with Crippen molar-refractivity contribution in [2.75, 3.05) is 12.0 Å². The molecule has 0 N–H and O–H groups in total. The van der Waals surface area contributed by atoms with E-state index in [2.05, 4.69) is 0 Å². The second kappa shape index (κ2) is 4.64. The molecule has 2 rings (SSSR count). The number of anilines is 1. The number of rotatable bonds is 3. The summed E-state index contributed by atoms with van der Waals surface area (Å²) >= 11 is 0. The maximum Gasteiger partial charge on any atom is 0.256 e. The number of hydrogen-bond donors (Lipinski definition) is 0. The Morgan fingerprint density at radius 3 is 2.39 bits per heavy atom. The summed E-state index contributed by atoms with van der Waals surface area (Å²) in [6, 6.07) is 7.22. The summed E-state index contributed by atoms with van der Waals surface area (Å²) < 4.78 is 5.07. The number of β-lactam (4-membered cyclic amide) rings is 1. The number of hydrogen-bond acceptors (Lipinski definition) is 3. The first-order chi connectivity index (χ1) is 8.54. The first kappa shape index (κ1) is 12.4. The number of nitrogens with zero attached hydrogens (tertiary/aromatic N) is 1. The molecule has 0 saturated carbocycles. The highest BCUT2D eigenvalue weighted by molar-refractivity contribution is 6.17. The molecule has 1 aliphatic rings. The zero-order valence-corrected chi connectivity index (χ0v) is 10.6. The lowest BCUT2D eigenvalue weighted by atomic mass is 9.94. The average molecular weight is 245 g/mol. The van der Waals surface area contributed by atoms with Crippen molar-refractivity contribution in [2.45, 2.75) is 19.9 Å². The maximum atomic E-state index is 11.9. The van der Waals surface area contributed by atoms with E-state index >= 15 is 0 Å². The van der Waals surface area contributed by atoms with Crippen LogP contribution in [-0.2, 0) is 9.59 Å². The minimum Gasteiger partial charge on any atom is -0.497 e. The molecule has 0 radical (unpaired) electrons. The molecule has 1 saturated heterocycles. The molecule has 94 valence electrons. The number of methoxy groups -OCH3 is 1. The van der Waals surface area contributed by atoms with Gasteiger partial charge in [0.25, 0.3) is 5.91 Å². The van der Waals surface area contributed by atoms with Crippen molar-refractivity contribution in [3.8, 4) is 5.75 Å². The van der Waals surface area contributed by atoms with Crippen LogP contribution in [0.4, 0.5) is 5.69 Å². The molecule has 1 amide bonds. The van der Waals surface area contributed by atoms with E-state index in [9.17, 15) is 9.59 Å². The van der Waals surface area contributed by atoms with Gasteiger partial charge in [-0.15, -0.1) is 0 Å². The van der Waals surface area contributed by atoms with Gasteiger partial charge in [0.1, 0.15) is 5.75 Å². The summed E-state index contributed by atoms with van der Waals surface area (Å²) in [5.41, 5.74) is 1.38. The Kier molecular flexibility index (Phi) is 3.19. The molecule has 0 aliphatic carbocycles. The van der Waals surface area contributed by atoms with Gasteiger partial charge < -0.3 is 9.64 Å². The summed E-state index contributed by atoms with van der Waals surface area (Å²) in [4.78, 5) is 24.6. The molecule has 1 heterocycles. The quantitative estimate of drug-likeness (QED) is 0.604. The number of carbonyl (C=O) groups is 2. The highest BCUT2D eigenvalue weighted by Gasteiger charge is 2.39. The smallest absolute Gasteiger partial charge is 0.256 e. The Labute approximate surface area is 106 Å². The van der Waals surface area contributed by atoms with Crippen LogP contribution in [0.5, 0.6) is 5.75 Å². The minimum absolute atomic E-state index is 0.0604. The second-order valence-corrected chi connectivity index (χ2v) is 4.26. The number of benzene rings is 1. The van der Waals surface area contributed by atoms with Gasteiger partial charge in [-0.1, -0.05) is 0 Å². The Hall–Kier alpha value is -2.10. The molecule has 0 spiro atoms. The predicted molar refractivity (Wildman–Crippen MR) is 68.7 cm³/mol. The Balaban J connectivity index is 2.21. The fourth-order valence-electron chi connectivity index (χ4n) is 2.05. The maximum absolute atomic E-state index is 11.9. The van der Waals surface area contributed by atoms with Gasteiger partial charge in [-0.25, -0.2) is 0 Å². The van der Waals surface area contributed by atoms with Gasteiger partial charge in [-0.3, -0.25) is 9.59 Å². The third-order valence-corrected chi connectivity index (χ3v) is 3.01. The van der Waals surface area contributed by atoms with Crippen LogP contribution in [-0.4, -0.2) is 24.8 Å². The number of ether oxygens (including phenoxy) is 1. The molecule has 18 heavy (non-hydrogen) atoms. The highest BCUT2D eigenvalue weighted by Crippen LogP contribution is 2.32. The number of ketones is 1. The molecule has 4 nitrogen and oxygen atoms in total. The van der Waals surface area contributed by atoms with Crippen molar-refractivity contribution < 1.29 is 14.3 Å². The fourth-order valence-corrected chi connectivity index (χ4v) is 2.05. The van der Waals surface area contributed by atoms with E-state index < -0.39 is 0 Å². The van der Waals surface area contributed by atoms with Gasteiger partial charge in [0, 0.05) is 11.3 Å². The summed E-state index contributed by atoms with van der Waals surface area (Å²) in [6.45, 7) is 3.35. The van der Waals surface area contributed by atoms with Crippen LogP contribution in [0.2, 0.25) is 0 Å². The van der Waals surface area contributed by atoms with Crippen molar-refractivity contribution in [2.24, 2.45) is 0 Å². The first-order valence-electron chi connectivity index (χ1n) is 5.74. The normalized spacial score (nSPS) is 20.8. The predicted octanol–water partition coefficient (Wildman–Crippen LogP) is 1.95. The highest BCUT2D eigenvalue weighted by atomic mass is 16.5. The Bertz CT molecular complexity index is 516. The molecule has 0 aromatic heterocycles. The van der Waals surface area contributed by atoms with Gasteiger partial charge >= 0.3 is 0 Å². The van der Waals surface area contributed by atoms with Crippen LogP contribution in [0, 0.1) is 0 Å². The van der Waals surface area contributed by atoms with Crippen LogP contribution in [0.1, 0.15) is 13.8 Å². The molecule has 4 heteroatoms. The summed E-state index contributed by atoms with van der Waals surface area (Å²) in [7, 11) is 1.60. The Morgan fingerprint density at radius 1 is 1.33 bits per heavy atom. The van der Waals surface area contributed by atoms with Crippen molar-refractivity contribution >= 4 is 17.4 Å². The summed E-state index contributed by atoms with van der Waals surface area (Å²) in [6.07, 6.45) is 1.41. The standard InChI is InChI=1S/C14H15NO3/c1-9(16)8-13-10(2)15(14(13)17)11-4-6-12(18-3)7-5-11/h4-8,10H,1-3H3/b13-8+. The molecule has 1 aromatic carbocycles. The largest absolute Gasteiger partial charge is 0.497 e. The molecular weight excluding hydrogens is 230 g/mol. The Morgan fingerprint density at radius 2 is 1.94 bits per heavy atom. The zero-order valence-electron chi connectivity index (χ0n) is 10.6. The van der Waals surface area contributed by atoms with Crippen LogP contribution in [0.25, 0.3) is 0 Å². The third-order valence-electron chi connectivity index (χ3n) is 3.01. The number of carbonyl (C=O) groups excluding carboxylic acids is 2. The average Bonchev–Trinajstić information content (AvgIpc) is 2.37. The lowest BCUT2D eigenvalue weighted by Gasteiger charge is -2.40. The summed E-state index contributed by atoms with van der Waals surface area (Å²) in [5.74, 6) is 0.543. The molecule has 1 unspecified atom stereocenters. The van der Waals surface area contributed by atoms with E-state index in [0.29, 0.717) is 5.57 Å². The minimum atomic E-state index is -0.108. The zero-order chi connectivity index (χ0) is 13.3. The first-order valence-corrected chi connectivity index (χ1v) is 5.74. The van der Waals surface area contributed by atoms with Crippen molar-refractivity contribution in [3.05, 3.63) is 35.9 Å². The number of amides is 1. The molecule has 1 atom stereocenters. The molecular formula is C14H15NO3. The van der Waals surface area contributed by atoms with E-state index in [4.69, 9.17) is 4.74 Å². The molecule has 1 aromatic rings. The van der Waals surface area contributed by atoms with Crippen molar-refractivity contribution in [1.82, 2.24) is 0 Å². The third kappa shape index (κ3) is 2.01. The molecule has 1 fully saturated rings. The van der Waals surface area contributed by atoms with Crippen LogP contribution in [0.15, 0.2) is 35.9 Å². The van der Waals surface area contributed by atoms with Gasteiger partial charge in [-0.2, -0.15) is 0 Å². The van der Waals surface area contributed by atoms with Crippen molar-refractivity contribution in [1.29, 1.82) is 0 Å². The second-order valence-electron chi connectivity index (χ2n) is 4.26. The van der Waals surface area contributed by atoms with Gasteiger partial charge in [0.05, 0.1) is 13.2 Å². The topological polar surface area (TPSA) is 46.6 Å². The molecule has 0 bridgehead atoms. The fraction of sp³-hybridized carbons (Fsp3) is 0.286. The van der Waals surface area contributed by atoms with Gasteiger partial charge in [-0.05, 0) is 44.2 Å². The van der Waals surface area contributed by atoms with Crippen LogP contribution in [0.3, 0.4) is 0 Å². The van der Waals surface area contributed by atoms with Gasteiger partial charge in [0.15, 0.2) is 5.78 Å². The lowest BCUT2D eigenvalue weighted by Crippen LogP contribution is -2.54. The monoisotopic (exact) mass is 245 g/mol.